The van der Waals surface area contributed by atoms with Crippen LogP contribution in [0.5, 0.6) is 0 Å². The van der Waals surface area contributed by atoms with Gasteiger partial charge in [-0.1, -0.05) is 6.92 Å². The van der Waals surface area contributed by atoms with Gasteiger partial charge >= 0.3 is 0 Å². The summed E-state index contributed by atoms with van der Waals surface area (Å²) in [6, 6.07) is 3.39. The third kappa shape index (κ3) is 4.24. The van der Waals surface area contributed by atoms with Crippen LogP contribution in [0.4, 0.5) is 5.95 Å². The number of anilines is 1. The first-order valence-electron chi connectivity index (χ1n) is 10.1. The van der Waals surface area contributed by atoms with Gasteiger partial charge in [0.25, 0.3) is 11.8 Å². The number of hydrogen-bond acceptors (Lipinski definition) is 7. The molecular formula is C20H26N6O3. The van der Waals surface area contributed by atoms with E-state index >= 15 is 0 Å². The molecule has 9 nitrogen and oxygen atoms in total. The molecule has 0 bridgehead atoms. The van der Waals surface area contributed by atoms with Gasteiger partial charge in [0.15, 0.2) is 5.76 Å². The van der Waals surface area contributed by atoms with Crippen molar-refractivity contribution in [1.29, 1.82) is 0 Å². The van der Waals surface area contributed by atoms with Crippen LogP contribution in [0.2, 0.25) is 0 Å². The Balaban J connectivity index is 1.32. The van der Waals surface area contributed by atoms with Gasteiger partial charge in [-0.05, 0) is 18.7 Å². The molecule has 2 aromatic heterocycles. The molecule has 4 heterocycles. The molecule has 2 aromatic rings. The van der Waals surface area contributed by atoms with Crippen molar-refractivity contribution in [2.75, 3.05) is 63.8 Å². The van der Waals surface area contributed by atoms with Crippen molar-refractivity contribution in [3.05, 3.63) is 42.1 Å². The molecular weight excluding hydrogens is 372 g/mol. The smallest absolute Gasteiger partial charge is 0.289 e. The first-order chi connectivity index (χ1) is 14.2. The fourth-order valence-corrected chi connectivity index (χ4v) is 3.71. The first-order valence-corrected chi connectivity index (χ1v) is 10.1. The van der Waals surface area contributed by atoms with E-state index in [4.69, 9.17) is 4.42 Å². The monoisotopic (exact) mass is 398 g/mol. The molecule has 9 heteroatoms. The molecule has 4 rings (SSSR count). The number of carbonyl (C=O) groups excluding carboxylic acids is 2. The minimum Gasteiger partial charge on any atom is -0.459 e. The van der Waals surface area contributed by atoms with Gasteiger partial charge in [-0.2, -0.15) is 0 Å². The lowest BCUT2D eigenvalue weighted by atomic mass is 10.2. The Hall–Kier alpha value is -2.94. The minimum absolute atomic E-state index is 0.0128. The molecule has 2 saturated heterocycles. The van der Waals surface area contributed by atoms with Gasteiger partial charge < -0.3 is 24.0 Å². The van der Waals surface area contributed by atoms with Crippen LogP contribution in [-0.2, 0) is 0 Å². The summed E-state index contributed by atoms with van der Waals surface area (Å²) in [7, 11) is 0. The molecule has 2 aliphatic heterocycles. The zero-order valence-electron chi connectivity index (χ0n) is 16.7. The third-order valence-corrected chi connectivity index (χ3v) is 5.57. The molecule has 2 aliphatic rings. The molecule has 0 unspecified atom stereocenters. The van der Waals surface area contributed by atoms with Crippen molar-refractivity contribution in [2.24, 2.45) is 0 Å². The van der Waals surface area contributed by atoms with Gasteiger partial charge in [-0.3, -0.25) is 9.59 Å². The fourth-order valence-electron chi connectivity index (χ4n) is 3.71. The van der Waals surface area contributed by atoms with Gasteiger partial charge in [-0.15, -0.1) is 0 Å². The van der Waals surface area contributed by atoms with Gasteiger partial charge in [0.2, 0.25) is 5.95 Å². The number of carbonyl (C=O) groups is 2. The quantitative estimate of drug-likeness (QED) is 0.753. The second-order valence-electron chi connectivity index (χ2n) is 7.25. The fraction of sp³-hybridized carbons (Fsp3) is 0.500. The lowest BCUT2D eigenvalue weighted by Crippen LogP contribution is -2.49. The van der Waals surface area contributed by atoms with Crippen LogP contribution in [0.3, 0.4) is 0 Å². The highest BCUT2D eigenvalue weighted by Gasteiger charge is 2.26. The number of amides is 2. The summed E-state index contributed by atoms with van der Waals surface area (Å²) in [5.41, 5.74) is 0.519. The van der Waals surface area contributed by atoms with Gasteiger partial charge in [-0.25, -0.2) is 9.97 Å². The topological polar surface area (TPSA) is 86.0 Å². The maximum Gasteiger partial charge on any atom is 0.289 e. The van der Waals surface area contributed by atoms with E-state index in [1.165, 1.54) is 6.26 Å². The lowest BCUT2D eigenvalue weighted by molar-refractivity contribution is 0.0641. The first kappa shape index (κ1) is 19.4. The average Bonchev–Trinajstić information content (AvgIpc) is 3.33. The third-order valence-electron chi connectivity index (χ3n) is 5.57. The average molecular weight is 398 g/mol. The summed E-state index contributed by atoms with van der Waals surface area (Å²) in [5.74, 6) is 0.834. The van der Waals surface area contributed by atoms with E-state index in [0.717, 1.165) is 32.7 Å². The minimum atomic E-state index is -0.0975. The Morgan fingerprint density at radius 2 is 1.55 bits per heavy atom. The summed E-state index contributed by atoms with van der Waals surface area (Å²) in [4.78, 5) is 41.8. The normalized spacial score (nSPS) is 18.2. The van der Waals surface area contributed by atoms with Gasteiger partial charge in [0.05, 0.1) is 11.8 Å². The Labute approximate surface area is 169 Å². The molecule has 0 aromatic carbocycles. The standard InChI is InChI=1S/C20H26N6O3/c1-2-23-5-7-24(8-6-23)18(27)16-14-21-20(22-15-16)26-11-9-25(10-12-26)19(28)17-4-3-13-29-17/h3-4,13-15H,2,5-12H2,1H3. The SMILES string of the molecule is CCN1CCN(C(=O)c2cnc(N3CCN(C(=O)c4ccco4)CC3)nc2)CC1. The number of piperazine rings is 2. The molecule has 0 spiro atoms. The molecule has 0 radical (unpaired) electrons. The van der Waals surface area contributed by atoms with E-state index < -0.39 is 0 Å². The summed E-state index contributed by atoms with van der Waals surface area (Å²) in [6.45, 7) is 8.86. The molecule has 2 amide bonds. The highest BCUT2D eigenvalue weighted by molar-refractivity contribution is 5.94. The Morgan fingerprint density at radius 1 is 0.931 bits per heavy atom. The van der Waals surface area contributed by atoms with Crippen molar-refractivity contribution < 1.29 is 14.0 Å². The molecule has 0 aliphatic carbocycles. The van der Waals surface area contributed by atoms with E-state index in [2.05, 4.69) is 21.8 Å². The van der Waals surface area contributed by atoms with E-state index in [1.807, 2.05) is 9.80 Å². The zero-order valence-corrected chi connectivity index (χ0v) is 16.7. The second-order valence-corrected chi connectivity index (χ2v) is 7.25. The van der Waals surface area contributed by atoms with Crippen molar-refractivity contribution in [3.63, 3.8) is 0 Å². The van der Waals surface area contributed by atoms with Crippen LogP contribution >= 0.6 is 0 Å². The second kappa shape index (κ2) is 8.60. The Kier molecular flexibility index (Phi) is 5.75. The van der Waals surface area contributed by atoms with Crippen molar-refractivity contribution in [3.8, 4) is 0 Å². The highest BCUT2D eigenvalue weighted by atomic mass is 16.3. The highest BCUT2D eigenvalue weighted by Crippen LogP contribution is 2.15. The summed E-state index contributed by atoms with van der Waals surface area (Å²) >= 11 is 0. The maximum atomic E-state index is 12.7. The predicted molar refractivity (Wildman–Crippen MR) is 107 cm³/mol. The van der Waals surface area contributed by atoms with E-state index in [1.54, 1.807) is 29.4 Å². The molecule has 29 heavy (non-hydrogen) atoms. The van der Waals surface area contributed by atoms with Gasteiger partial charge in [0.1, 0.15) is 0 Å². The van der Waals surface area contributed by atoms with Crippen LogP contribution in [0.25, 0.3) is 0 Å². The number of nitrogens with zero attached hydrogens (tertiary/aromatic N) is 6. The Morgan fingerprint density at radius 3 is 2.14 bits per heavy atom. The van der Waals surface area contributed by atoms with E-state index in [-0.39, 0.29) is 11.8 Å². The van der Waals surface area contributed by atoms with Crippen LogP contribution in [0, 0.1) is 0 Å². The van der Waals surface area contributed by atoms with Crippen LogP contribution in [0.1, 0.15) is 27.8 Å². The number of hydrogen-bond donors (Lipinski definition) is 0. The number of likely N-dealkylation sites (N-methyl/N-ethyl adjacent to an activating group) is 1. The summed E-state index contributed by atoms with van der Waals surface area (Å²) < 4.78 is 5.19. The zero-order chi connectivity index (χ0) is 20.2. The summed E-state index contributed by atoms with van der Waals surface area (Å²) in [6.07, 6.45) is 4.72. The van der Waals surface area contributed by atoms with Gasteiger partial charge in [0, 0.05) is 64.8 Å². The molecule has 0 N–H and O–H groups in total. The van der Waals surface area contributed by atoms with E-state index in [0.29, 0.717) is 43.5 Å². The number of rotatable bonds is 4. The maximum absolute atomic E-state index is 12.7. The lowest BCUT2D eigenvalue weighted by Gasteiger charge is -2.34. The number of furan rings is 1. The molecule has 0 saturated carbocycles. The molecule has 2 fully saturated rings. The molecule has 154 valence electrons. The molecule has 0 atom stereocenters. The summed E-state index contributed by atoms with van der Waals surface area (Å²) in [5, 5.41) is 0. The van der Waals surface area contributed by atoms with Crippen molar-refractivity contribution >= 4 is 17.8 Å². The Bertz CT molecular complexity index is 822. The van der Waals surface area contributed by atoms with Crippen LogP contribution in [0.15, 0.2) is 35.2 Å². The largest absolute Gasteiger partial charge is 0.459 e. The van der Waals surface area contributed by atoms with Crippen molar-refractivity contribution in [1.82, 2.24) is 24.7 Å². The number of aromatic nitrogens is 2. The van der Waals surface area contributed by atoms with Crippen LogP contribution < -0.4 is 4.90 Å². The van der Waals surface area contributed by atoms with Crippen LogP contribution in [-0.4, -0.2) is 95.4 Å². The predicted octanol–water partition coefficient (Wildman–Crippen LogP) is 0.810. The van der Waals surface area contributed by atoms with E-state index in [9.17, 15) is 9.59 Å². The van der Waals surface area contributed by atoms with Crippen molar-refractivity contribution in [2.45, 2.75) is 6.92 Å².